The van der Waals surface area contributed by atoms with Gasteiger partial charge in [-0.1, -0.05) is 15.9 Å². The van der Waals surface area contributed by atoms with Gasteiger partial charge >= 0.3 is 0 Å². The van der Waals surface area contributed by atoms with Crippen LogP contribution in [0.1, 0.15) is 11.1 Å². The van der Waals surface area contributed by atoms with Crippen LogP contribution in [-0.2, 0) is 6.54 Å². The number of nitrogens with zero attached hydrogens (tertiary/aromatic N) is 1. The number of anilines is 1. The van der Waals surface area contributed by atoms with E-state index in [2.05, 4.69) is 21.2 Å². The van der Waals surface area contributed by atoms with Gasteiger partial charge in [0, 0.05) is 22.3 Å². The van der Waals surface area contributed by atoms with E-state index in [9.17, 15) is 4.39 Å². The van der Waals surface area contributed by atoms with Gasteiger partial charge in [0.15, 0.2) is 0 Å². The fraction of sp³-hybridized carbons (Fsp3) is 0.0714. The van der Waals surface area contributed by atoms with E-state index in [1.54, 1.807) is 6.07 Å². The van der Waals surface area contributed by atoms with Crippen molar-refractivity contribution in [1.82, 2.24) is 0 Å². The number of halogens is 2. The van der Waals surface area contributed by atoms with Crippen LogP contribution in [0.15, 0.2) is 46.9 Å². The summed E-state index contributed by atoms with van der Waals surface area (Å²) in [4.78, 5) is 0. The zero-order valence-corrected chi connectivity index (χ0v) is 11.0. The van der Waals surface area contributed by atoms with Crippen molar-refractivity contribution in [1.29, 1.82) is 5.26 Å². The molecule has 0 aliphatic carbocycles. The predicted molar refractivity (Wildman–Crippen MR) is 72.6 cm³/mol. The molecule has 18 heavy (non-hydrogen) atoms. The third-order valence-electron chi connectivity index (χ3n) is 2.50. The summed E-state index contributed by atoms with van der Waals surface area (Å²) in [6.45, 7) is 0.350. The van der Waals surface area contributed by atoms with Crippen molar-refractivity contribution in [2.24, 2.45) is 0 Å². The number of nitriles is 1. The fourth-order valence-corrected chi connectivity index (χ4v) is 1.81. The lowest BCUT2D eigenvalue weighted by molar-refractivity contribution is 0.612. The first-order chi connectivity index (χ1) is 8.69. The van der Waals surface area contributed by atoms with Crippen LogP contribution in [-0.4, -0.2) is 0 Å². The Morgan fingerprint density at radius 1 is 1.17 bits per heavy atom. The van der Waals surface area contributed by atoms with Crippen LogP contribution in [0.25, 0.3) is 0 Å². The third kappa shape index (κ3) is 3.08. The first-order valence-electron chi connectivity index (χ1n) is 5.37. The van der Waals surface area contributed by atoms with Gasteiger partial charge in [-0.05, 0) is 42.5 Å². The maximum Gasteiger partial charge on any atom is 0.128 e. The molecular weight excluding hydrogens is 295 g/mol. The highest BCUT2D eigenvalue weighted by Gasteiger charge is 2.03. The van der Waals surface area contributed by atoms with Gasteiger partial charge in [-0.3, -0.25) is 0 Å². The largest absolute Gasteiger partial charge is 0.381 e. The molecule has 0 unspecified atom stereocenters. The third-order valence-corrected chi connectivity index (χ3v) is 3.03. The van der Waals surface area contributed by atoms with Gasteiger partial charge in [0.05, 0.1) is 11.6 Å². The second-order valence-electron chi connectivity index (χ2n) is 3.78. The fourth-order valence-electron chi connectivity index (χ4n) is 1.54. The van der Waals surface area contributed by atoms with E-state index in [4.69, 9.17) is 5.26 Å². The lowest BCUT2D eigenvalue weighted by atomic mass is 10.1. The number of hydrogen-bond donors (Lipinski definition) is 1. The number of nitrogens with one attached hydrogen (secondary N) is 1. The summed E-state index contributed by atoms with van der Waals surface area (Å²) >= 11 is 3.35. The van der Waals surface area contributed by atoms with Gasteiger partial charge in [-0.2, -0.15) is 5.26 Å². The maximum atomic E-state index is 13.5. The second-order valence-corrected chi connectivity index (χ2v) is 4.69. The highest BCUT2D eigenvalue weighted by atomic mass is 79.9. The Bertz CT molecular complexity index is 588. The van der Waals surface area contributed by atoms with Crippen molar-refractivity contribution in [3.63, 3.8) is 0 Å². The van der Waals surface area contributed by atoms with Gasteiger partial charge in [-0.15, -0.1) is 0 Å². The highest BCUT2D eigenvalue weighted by Crippen LogP contribution is 2.16. The van der Waals surface area contributed by atoms with E-state index in [1.165, 1.54) is 12.1 Å². The quantitative estimate of drug-likeness (QED) is 0.927. The van der Waals surface area contributed by atoms with Crippen molar-refractivity contribution in [2.75, 3.05) is 5.32 Å². The van der Waals surface area contributed by atoms with Crippen LogP contribution < -0.4 is 5.32 Å². The first-order valence-corrected chi connectivity index (χ1v) is 6.16. The maximum absolute atomic E-state index is 13.5. The summed E-state index contributed by atoms with van der Waals surface area (Å²) < 4.78 is 14.5. The molecule has 1 N–H and O–H groups in total. The van der Waals surface area contributed by atoms with Gasteiger partial charge in [0.2, 0.25) is 0 Å². The molecule has 2 aromatic rings. The van der Waals surface area contributed by atoms with Crippen molar-refractivity contribution >= 4 is 21.6 Å². The number of rotatable bonds is 3. The van der Waals surface area contributed by atoms with Crippen LogP contribution in [0.2, 0.25) is 0 Å². The van der Waals surface area contributed by atoms with Crippen LogP contribution >= 0.6 is 15.9 Å². The minimum atomic E-state index is -0.307. The normalized spacial score (nSPS) is 9.83. The standard InChI is InChI=1S/C14H10BrFN2/c15-12-2-4-13(5-3-12)18-9-11-7-10(8-17)1-6-14(11)16/h1-7,18H,9H2. The molecule has 0 aliphatic rings. The van der Waals surface area contributed by atoms with Crippen molar-refractivity contribution in [3.8, 4) is 6.07 Å². The predicted octanol–water partition coefficient (Wildman–Crippen LogP) is 4.07. The van der Waals surface area contributed by atoms with Gasteiger partial charge in [0.25, 0.3) is 0 Å². The SMILES string of the molecule is N#Cc1ccc(F)c(CNc2ccc(Br)cc2)c1. The Labute approximate surface area is 113 Å². The van der Waals surface area contributed by atoms with E-state index >= 15 is 0 Å². The average molecular weight is 305 g/mol. The first kappa shape index (κ1) is 12.6. The molecule has 0 radical (unpaired) electrons. The Morgan fingerprint density at radius 2 is 1.89 bits per heavy atom. The summed E-state index contributed by atoms with van der Waals surface area (Å²) in [6.07, 6.45) is 0. The van der Waals surface area contributed by atoms with Crippen molar-refractivity contribution in [2.45, 2.75) is 6.54 Å². The Hall–Kier alpha value is -1.86. The molecule has 4 heteroatoms. The molecule has 0 bridgehead atoms. The summed E-state index contributed by atoms with van der Waals surface area (Å²) in [5.41, 5.74) is 1.85. The molecule has 0 amide bonds. The highest BCUT2D eigenvalue weighted by molar-refractivity contribution is 9.10. The molecule has 2 nitrogen and oxygen atoms in total. The van der Waals surface area contributed by atoms with Crippen LogP contribution in [0, 0.1) is 17.1 Å². The van der Waals surface area contributed by atoms with E-state index in [-0.39, 0.29) is 5.82 Å². The second kappa shape index (κ2) is 5.65. The number of hydrogen-bond acceptors (Lipinski definition) is 2. The van der Waals surface area contributed by atoms with Gasteiger partial charge in [-0.25, -0.2) is 4.39 Å². The monoisotopic (exact) mass is 304 g/mol. The molecule has 90 valence electrons. The molecule has 0 fully saturated rings. The minimum absolute atomic E-state index is 0.307. The van der Waals surface area contributed by atoms with Crippen molar-refractivity contribution in [3.05, 3.63) is 63.9 Å². The molecule has 2 rings (SSSR count). The van der Waals surface area contributed by atoms with E-state index in [1.807, 2.05) is 30.3 Å². The lowest BCUT2D eigenvalue weighted by Crippen LogP contribution is -2.02. The van der Waals surface area contributed by atoms with Crippen LogP contribution in [0.3, 0.4) is 0 Å². The Kier molecular flexibility index (Phi) is 3.96. The summed E-state index contributed by atoms with van der Waals surface area (Å²) in [7, 11) is 0. The minimum Gasteiger partial charge on any atom is -0.381 e. The summed E-state index contributed by atoms with van der Waals surface area (Å²) in [5.74, 6) is -0.307. The molecule has 0 saturated carbocycles. The molecule has 0 heterocycles. The summed E-state index contributed by atoms with van der Waals surface area (Å²) in [5, 5.41) is 11.9. The van der Waals surface area contributed by atoms with Crippen LogP contribution in [0.5, 0.6) is 0 Å². The lowest BCUT2D eigenvalue weighted by Gasteiger charge is -2.07. The van der Waals surface area contributed by atoms with E-state index in [0.29, 0.717) is 17.7 Å². The zero-order valence-electron chi connectivity index (χ0n) is 9.45. The molecular formula is C14H10BrFN2. The molecule has 0 saturated heterocycles. The zero-order chi connectivity index (χ0) is 13.0. The number of benzene rings is 2. The van der Waals surface area contributed by atoms with Crippen LogP contribution in [0.4, 0.5) is 10.1 Å². The average Bonchev–Trinajstić information content (AvgIpc) is 2.40. The topological polar surface area (TPSA) is 35.8 Å². The Balaban J connectivity index is 2.10. The molecule has 0 atom stereocenters. The summed E-state index contributed by atoms with van der Waals surface area (Å²) in [6, 6.07) is 14.0. The van der Waals surface area contributed by atoms with Gasteiger partial charge in [0.1, 0.15) is 5.82 Å². The Morgan fingerprint density at radius 3 is 2.56 bits per heavy atom. The van der Waals surface area contributed by atoms with Crippen molar-refractivity contribution < 1.29 is 4.39 Å². The molecule has 2 aromatic carbocycles. The molecule has 0 spiro atoms. The molecule has 0 aromatic heterocycles. The van der Waals surface area contributed by atoms with Gasteiger partial charge < -0.3 is 5.32 Å². The van der Waals surface area contributed by atoms with E-state index < -0.39 is 0 Å². The smallest absolute Gasteiger partial charge is 0.128 e. The van der Waals surface area contributed by atoms with E-state index in [0.717, 1.165) is 10.2 Å². The molecule has 0 aliphatic heterocycles.